The smallest absolute Gasteiger partial charge is 0.307 e. The summed E-state index contributed by atoms with van der Waals surface area (Å²) in [6.45, 7) is 8.58. The van der Waals surface area contributed by atoms with Gasteiger partial charge in [-0.2, -0.15) is 33.7 Å². The van der Waals surface area contributed by atoms with Gasteiger partial charge in [0, 0.05) is 76.9 Å². The number of unbranched alkanes of at least 4 members (excludes halogenated alkanes) is 2. The van der Waals surface area contributed by atoms with E-state index in [4.69, 9.17) is 18.9 Å². The Labute approximate surface area is 708 Å². The van der Waals surface area contributed by atoms with E-state index in [1.807, 2.05) is 13.8 Å². The average molecular weight is 1760 g/mol. The van der Waals surface area contributed by atoms with Crippen LogP contribution in [0.1, 0.15) is 230 Å². The second kappa shape index (κ2) is 39.3. The molecule has 123 heavy (non-hydrogen) atoms. The average Bonchev–Trinajstić information content (AvgIpc) is 0.754. The Morgan fingerprint density at radius 2 is 0.740 bits per heavy atom. The van der Waals surface area contributed by atoms with Crippen LogP contribution in [0.3, 0.4) is 0 Å². The Hall–Kier alpha value is -12.9. The van der Waals surface area contributed by atoms with Crippen LogP contribution in [-0.4, -0.2) is 175 Å². The molecule has 5 aliphatic rings. The van der Waals surface area contributed by atoms with Gasteiger partial charge in [-0.1, -0.05) is 130 Å². The molecule has 640 valence electrons. The highest BCUT2D eigenvalue weighted by Gasteiger charge is 2.42. The highest BCUT2D eigenvalue weighted by atomic mass is 32.2. The predicted molar refractivity (Wildman–Crippen MR) is 443 cm³/mol. The van der Waals surface area contributed by atoms with Gasteiger partial charge < -0.3 is 18.9 Å². The summed E-state index contributed by atoms with van der Waals surface area (Å²) in [5.74, 6) is 15.4. The van der Waals surface area contributed by atoms with Crippen LogP contribution in [-0.2, 0) is 95.7 Å². The molecule has 1 atom stereocenters. The van der Waals surface area contributed by atoms with Crippen LogP contribution >= 0.6 is 0 Å². The number of hydrogen-bond donors (Lipinski definition) is 0. The van der Waals surface area contributed by atoms with Crippen molar-refractivity contribution in [2.45, 2.75) is 136 Å². The van der Waals surface area contributed by atoms with Crippen molar-refractivity contribution in [3.05, 3.63) is 188 Å². The van der Waals surface area contributed by atoms with Crippen LogP contribution in [0.25, 0.3) is 43.1 Å². The fourth-order valence-electron chi connectivity index (χ4n) is 13.6. The number of nitrogens with zero attached hydrogens (tertiary/aromatic N) is 4. The number of amides is 8. The lowest BCUT2D eigenvalue weighted by Crippen LogP contribution is -2.41. The first kappa shape index (κ1) is 92.4. The molecular weight excluding hydrogens is 1680 g/mol. The quantitative estimate of drug-likeness (QED) is 0.0212. The van der Waals surface area contributed by atoms with Crippen molar-refractivity contribution >= 4 is 155 Å². The van der Waals surface area contributed by atoms with Crippen molar-refractivity contribution in [1.29, 1.82) is 0 Å². The van der Waals surface area contributed by atoms with Gasteiger partial charge in [-0.25, -0.2) is 0 Å². The molecule has 4 heterocycles. The SMILES string of the molecule is CC(=O)OCC#Cc1ccc2c3c(cccc13)C(=O)N(OS(C)(=O)=O)C2=O.CCCC(=O)OC1(C#Cc2ccc3c4c(cccc24)C(=O)N(OS(C)(=O)=O)C3=O)CCCCC1.CCCC(=O)OCCC#Cc1ccc2c3c(cccc13)C(=O)N(OS(C)(=O)=O)C2=O.CCCCCC(C#Cc1ccc2c3c(cccc13)C(=O)N(OS(C)(=O)=O)C2=O)OC(C)=O. The third kappa shape index (κ3) is 22.6. The van der Waals surface area contributed by atoms with E-state index in [1.54, 1.807) is 72.8 Å². The Morgan fingerprint density at radius 1 is 0.398 bits per heavy atom. The van der Waals surface area contributed by atoms with E-state index >= 15 is 0 Å². The zero-order valence-corrected chi connectivity index (χ0v) is 71.1. The van der Waals surface area contributed by atoms with Gasteiger partial charge in [-0.05, 0) is 152 Å². The lowest BCUT2D eigenvalue weighted by Gasteiger charge is -2.32. The molecule has 0 radical (unpaired) electrons. The van der Waals surface area contributed by atoms with Crippen molar-refractivity contribution in [3.63, 3.8) is 0 Å². The maximum atomic E-state index is 12.9. The molecule has 1 fully saturated rings. The third-order valence-corrected chi connectivity index (χ3v) is 20.3. The van der Waals surface area contributed by atoms with Crippen LogP contribution in [0.5, 0.6) is 0 Å². The zero-order valence-electron chi connectivity index (χ0n) is 67.8. The zero-order chi connectivity index (χ0) is 89.6. The van der Waals surface area contributed by atoms with Gasteiger partial charge in [0.25, 0.3) is 87.7 Å². The summed E-state index contributed by atoms with van der Waals surface area (Å²) in [7, 11) is -16.3. The molecule has 0 saturated heterocycles. The molecule has 1 saturated carbocycles. The van der Waals surface area contributed by atoms with Gasteiger partial charge in [0.2, 0.25) is 0 Å². The summed E-state index contributed by atoms with van der Waals surface area (Å²) in [6.07, 6.45) is 12.6. The van der Waals surface area contributed by atoms with E-state index in [9.17, 15) is 91.2 Å². The summed E-state index contributed by atoms with van der Waals surface area (Å²) in [5, 5.41) is 4.78. The van der Waals surface area contributed by atoms with Crippen LogP contribution < -0.4 is 0 Å². The monoisotopic (exact) mass is 1760 g/mol. The first-order valence-electron chi connectivity index (χ1n) is 38.2. The number of carbonyl (C=O) groups excluding carboxylic acids is 12. The molecular formula is C87H80N4O28S4. The molecule has 1 unspecified atom stereocenters. The molecule has 4 aliphatic heterocycles. The number of carbonyl (C=O) groups is 12. The molecule has 32 nitrogen and oxygen atoms in total. The highest BCUT2D eigenvalue weighted by molar-refractivity contribution is 7.86. The second-order valence-electron chi connectivity index (χ2n) is 28.3. The van der Waals surface area contributed by atoms with Gasteiger partial charge in [0.05, 0.1) is 69.5 Å². The van der Waals surface area contributed by atoms with Crippen LogP contribution in [0.4, 0.5) is 0 Å². The van der Waals surface area contributed by atoms with Crippen LogP contribution in [0, 0.1) is 47.4 Å². The number of rotatable bonds is 21. The molecule has 0 aromatic heterocycles. The molecule has 36 heteroatoms. The van der Waals surface area contributed by atoms with E-state index in [1.165, 1.54) is 62.4 Å². The number of benzene rings is 8. The van der Waals surface area contributed by atoms with E-state index in [2.05, 4.69) is 71.4 Å². The van der Waals surface area contributed by atoms with Crippen LogP contribution in [0.15, 0.2) is 121 Å². The summed E-state index contributed by atoms with van der Waals surface area (Å²) in [5.41, 5.74) is 2.46. The van der Waals surface area contributed by atoms with Gasteiger partial charge >= 0.3 is 23.9 Å². The van der Waals surface area contributed by atoms with Gasteiger partial charge in [-0.15, -0.1) is 37.4 Å². The Kier molecular flexibility index (Phi) is 29.5. The first-order chi connectivity index (χ1) is 58.2. The Bertz CT molecular complexity index is 6440. The van der Waals surface area contributed by atoms with Crippen molar-refractivity contribution < 1.29 is 127 Å². The van der Waals surface area contributed by atoms with Crippen LogP contribution in [0.2, 0.25) is 0 Å². The summed E-state index contributed by atoms with van der Waals surface area (Å²) >= 11 is 0. The van der Waals surface area contributed by atoms with E-state index in [0.29, 0.717) is 110 Å². The Balaban J connectivity index is 0.000000172. The maximum Gasteiger partial charge on any atom is 0.307 e. The number of hydrogen-bond acceptors (Lipinski definition) is 28. The number of ether oxygens (including phenoxy) is 4. The number of imide groups is 4. The minimum absolute atomic E-state index is 0.0912. The lowest BCUT2D eigenvalue weighted by atomic mass is 9.84. The topological polar surface area (TPSA) is 428 Å². The fourth-order valence-corrected chi connectivity index (χ4v) is 15.2. The second-order valence-corrected chi connectivity index (χ2v) is 34.5. The van der Waals surface area contributed by atoms with Crippen molar-refractivity contribution in [2.75, 3.05) is 38.2 Å². The molecule has 8 amide bonds. The minimum atomic E-state index is -4.09. The summed E-state index contributed by atoms with van der Waals surface area (Å²) in [4.78, 5) is 147. The molecule has 0 bridgehead atoms. The van der Waals surface area contributed by atoms with Gasteiger partial charge in [0.1, 0.15) is 6.61 Å². The fraction of sp³-hybridized carbons (Fsp3) is 0.310. The number of hydroxylamine groups is 8. The predicted octanol–water partition coefficient (Wildman–Crippen LogP) is 10.6. The number of esters is 4. The maximum absolute atomic E-state index is 12.9. The lowest BCUT2D eigenvalue weighted by molar-refractivity contribution is -0.156. The molecule has 13 rings (SSSR count). The van der Waals surface area contributed by atoms with Crippen molar-refractivity contribution in [1.82, 2.24) is 20.3 Å². The third-order valence-electron chi connectivity index (χ3n) is 18.7. The van der Waals surface area contributed by atoms with Gasteiger partial charge in [-0.3, -0.25) is 57.5 Å². The summed E-state index contributed by atoms with van der Waals surface area (Å²) < 4.78 is 131. The largest absolute Gasteiger partial charge is 0.465 e. The van der Waals surface area contributed by atoms with Crippen molar-refractivity contribution in [3.8, 4) is 47.4 Å². The summed E-state index contributed by atoms with van der Waals surface area (Å²) in [6, 6.07) is 31.6. The molecule has 0 spiro atoms. The molecule has 0 N–H and O–H groups in total. The van der Waals surface area contributed by atoms with Crippen molar-refractivity contribution in [2.24, 2.45) is 0 Å². The minimum Gasteiger partial charge on any atom is -0.465 e. The first-order valence-corrected chi connectivity index (χ1v) is 45.5. The highest BCUT2D eigenvalue weighted by Crippen LogP contribution is 2.39. The molecule has 8 aromatic rings. The standard InChI is InChI=1S/C25H25NO7S.C23H23NO7S.C21H19NO7S.C18H13NO7S/c1-3-8-21(27)32-25(14-5-4-6-15-25)16-13-17-11-12-20-22-18(17)9-7-10-19(22)23(28)26(24(20)29)33-34(2,30)31;1-4-5-6-8-17(30-15(2)25)13-11-16-12-14-20-21-18(16)9-7-10-19(21)22(26)24(23(20)27)31-32(3,28)29;1-3-7-18(23)28-13-5-4-8-14-11-12-17-19-15(14)9-6-10-16(19)20(24)22(21(17)25)29-30(2,26)27;1-11(20)25-10-4-5-12-8-9-15-16-13(12)6-3-7-14(16)17(21)19(18(15)22)26-27(2,23)24/h7,9-12H,3-6,8,14-15H2,1-2H3;7,9-10,12,14,17H,4-6,8H2,1-3H3;6,9-12H,3,5,7,13H2,1-2H3;3,6-9H,10H2,1-2H3. The Morgan fingerprint density at radius 3 is 1.08 bits per heavy atom. The molecule has 8 aromatic carbocycles. The van der Waals surface area contributed by atoms with E-state index in [-0.39, 0.29) is 89.9 Å². The van der Waals surface area contributed by atoms with E-state index < -0.39 is 111 Å². The molecule has 1 aliphatic carbocycles. The van der Waals surface area contributed by atoms with Gasteiger partial charge in [0.15, 0.2) is 18.3 Å². The normalized spacial score (nSPS) is 14.6. The van der Waals surface area contributed by atoms with E-state index in [0.717, 1.165) is 70.0 Å².